The Kier molecular flexibility index (Phi) is 6.26. The molecule has 1 amide bonds. The number of aryl methyl sites for hydroxylation is 1. The van der Waals surface area contributed by atoms with Gasteiger partial charge in [0, 0.05) is 28.0 Å². The average Bonchev–Trinajstić information content (AvgIpc) is 3.02. The van der Waals surface area contributed by atoms with Gasteiger partial charge >= 0.3 is 0 Å². The van der Waals surface area contributed by atoms with E-state index < -0.39 is 0 Å². The monoisotopic (exact) mass is 347 g/mol. The number of nitrogens with one attached hydrogen (secondary N) is 1. The van der Waals surface area contributed by atoms with Gasteiger partial charge < -0.3 is 19.5 Å². The number of amides is 1. The fourth-order valence-corrected chi connectivity index (χ4v) is 2.97. The Morgan fingerprint density at radius 1 is 1.12 bits per heavy atom. The first-order valence-electron chi connectivity index (χ1n) is 7.38. The number of carbonyl (C=O) groups is 1. The van der Waals surface area contributed by atoms with E-state index in [0.717, 1.165) is 10.4 Å². The van der Waals surface area contributed by atoms with Crippen LogP contribution >= 0.6 is 11.3 Å². The van der Waals surface area contributed by atoms with E-state index in [2.05, 4.69) is 5.32 Å². The van der Waals surface area contributed by atoms with Crippen LogP contribution in [0.4, 0.5) is 0 Å². The van der Waals surface area contributed by atoms with Crippen molar-refractivity contribution in [2.24, 2.45) is 0 Å². The molecule has 2 rings (SSSR count). The van der Waals surface area contributed by atoms with Crippen LogP contribution in [-0.4, -0.2) is 27.2 Å². The molecule has 2 aromatic rings. The van der Waals surface area contributed by atoms with Crippen molar-refractivity contribution in [3.8, 4) is 17.2 Å². The smallest absolute Gasteiger partial charge is 0.244 e. The summed E-state index contributed by atoms with van der Waals surface area (Å²) in [5, 5.41) is 2.84. The lowest BCUT2D eigenvalue weighted by atomic mass is 10.1. The number of ether oxygens (including phenoxy) is 3. The number of hydrogen-bond acceptors (Lipinski definition) is 5. The minimum atomic E-state index is -0.180. The van der Waals surface area contributed by atoms with Crippen molar-refractivity contribution in [3.05, 3.63) is 45.7 Å². The lowest BCUT2D eigenvalue weighted by Gasteiger charge is -2.15. The van der Waals surface area contributed by atoms with E-state index in [1.54, 1.807) is 50.9 Å². The maximum atomic E-state index is 12.0. The zero-order valence-electron chi connectivity index (χ0n) is 14.2. The molecule has 0 atom stereocenters. The van der Waals surface area contributed by atoms with Gasteiger partial charge in [0.25, 0.3) is 0 Å². The molecule has 0 aliphatic carbocycles. The van der Waals surface area contributed by atoms with Crippen LogP contribution < -0.4 is 19.5 Å². The van der Waals surface area contributed by atoms with Gasteiger partial charge in [-0.05, 0) is 25.1 Å². The van der Waals surface area contributed by atoms with Crippen LogP contribution in [-0.2, 0) is 11.3 Å². The lowest BCUT2D eigenvalue weighted by molar-refractivity contribution is -0.116. The summed E-state index contributed by atoms with van der Waals surface area (Å²) in [5.41, 5.74) is 0.759. The molecule has 0 spiro atoms. The van der Waals surface area contributed by atoms with Crippen molar-refractivity contribution < 1.29 is 19.0 Å². The number of carbonyl (C=O) groups excluding carboxylic acids is 1. The van der Waals surface area contributed by atoms with E-state index in [1.807, 2.05) is 19.1 Å². The van der Waals surface area contributed by atoms with Crippen LogP contribution in [0.5, 0.6) is 17.2 Å². The molecule has 1 aromatic heterocycles. The van der Waals surface area contributed by atoms with Gasteiger partial charge in [0.2, 0.25) is 5.91 Å². The summed E-state index contributed by atoms with van der Waals surface area (Å²) < 4.78 is 15.9. The highest BCUT2D eigenvalue weighted by Crippen LogP contribution is 2.33. The Labute approximate surface area is 145 Å². The van der Waals surface area contributed by atoms with Gasteiger partial charge in [-0.2, -0.15) is 0 Å². The second kappa shape index (κ2) is 8.40. The Balaban J connectivity index is 2.07. The minimum absolute atomic E-state index is 0.180. The Morgan fingerprint density at radius 2 is 1.79 bits per heavy atom. The SMILES string of the molecule is COc1cc(OC)c(CNC(=O)/C=C/c2ccc(C)s2)c(OC)c1. The fraction of sp³-hybridized carbons (Fsp3) is 0.278. The summed E-state index contributed by atoms with van der Waals surface area (Å²) in [6.45, 7) is 2.33. The number of methoxy groups -OCH3 is 3. The summed E-state index contributed by atoms with van der Waals surface area (Å²) >= 11 is 1.64. The third kappa shape index (κ3) is 4.52. The molecular formula is C18H21NO4S. The molecule has 0 aliphatic rings. The second-order valence-corrected chi connectivity index (χ2v) is 6.33. The number of rotatable bonds is 7. The topological polar surface area (TPSA) is 56.8 Å². The molecule has 0 radical (unpaired) electrons. The van der Waals surface area contributed by atoms with E-state index in [1.165, 1.54) is 11.0 Å². The van der Waals surface area contributed by atoms with Crippen molar-refractivity contribution in [2.75, 3.05) is 21.3 Å². The second-order valence-electron chi connectivity index (χ2n) is 5.01. The van der Waals surface area contributed by atoms with Crippen molar-refractivity contribution in [2.45, 2.75) is 13.5 Å². The molecule has 0 aliphatic heterocycles. The Morgan fingerprint density at radius 3 is 2.29 bits per heavy atom. The summed E-state index contributed by atoms with van der Waals surface area (Å²) in [6.07, 6.45) is 3.32. The van der Waals surface area contributed by atoms with Gasteiger partial charge in [0.15, 0.2) is 0 Å². The van der Waals surface area contributed by atoms with Gasteiger partial charge in [-0.25, -0.2) is 0 Å². The maximum absolute atomic E-state index is 12.0. The van der Waals surface area contributed by atoms with Gasteiger partial charge in [-0.15, -0.1) is 11.3 Å². The maximum Gasteiger partial charge on any atom is 0.244 e. The zero-order valence-corrected chi connectivity index (χ0v) is 15.0. The van der Waals surface area contributed by atoms with Crippen LogP contribution in [0.1, 0.15) is 15.3 Å². The van der Waals surface area contributed by atoms with Gasteiger partial charge in [-0.3, -0.25) is 4.79 Å². The average molecular weight is 347 g/mol. The molecule has 0 saturated heterocycles. The van der Waals surface area contributed by atoms with Gasteiger partial charge in [-0.1, -0.05) is 0 Å². The highest BCUT2D eigenvalue weighted by Gasteiger charge is 2.13. The van der Waals surface area contributed by atoms with Crippen molar-refractivity contribution in [1.82, 2.24) is 5.32 Å². The Hall–Kier alpha value is -2.47. The number of thiophene rings is 1. The first kappa shape index (κ1) is 17.9. The van der Waals surface area contributed by atoms with Crippen molar-refractivity contribution in [3.63, 3.8) is 0 Å². The highest BCUT2D eigenvalue weighted by molar-refractivity contribution is 7.12. The first-order chi connectivity index (χ1) is 11.6. The van der Waals surface area contributed by atoms with Crippen LogP contribution in [0.3, 0.4) is 0 Å². The number of hydrogen-bond donors (Lipinski definition) is 1. The highest BCUT2D eigenvalue weighted by atomic mass is 32.1. The fourth-order valence-electron chi connectivity index (χ4n) is 2.19. The van der Waals surface area contributed by atoms with Crippen LogP contribution in [0, 0.1) is 6.92 Å². The molecule has 0 saturated carbocycles. The standard InChI is InChI=1S/C18H21NO4S/c1-12-5-6-14(24-12)7-8-18(20)19-11-15-16(22-3)9-13(21-2)10-17(15)23-4/h5-10H,11H2,1-4H3,(H,19,20)/b8-7+. The molecule has 5 nitrogen and oxygen atoms in total. The Bertz CT molecular complexity index is 711. The molecule has 24 heavy (non-hydrogen) atoms. The van der Waals surface area contributed by atoms with E-state index >= 15 is 0 Å². The van der Waals surface area contributed by atoms with E-state index in [4.69, 9.17) is 14.2 Å². The predicted octanol–water partition coefficient (Wildman–Crippen LogP) is 3.41. The molecular weight excluding hydrogens is 326 g/mol. The molecule has 6 heteroatoms. The van der Waals surface area contributed by atoms with Gasteiger partial charge in [0.05, 0.1) is 33.4 Å². The normalized spacial score (nSPS) is 10.7. The summed E-state index contributed by atoms with van der Waals surface area (Å²) in [6, 6.07) is 7.52. The molecule has 128 valence electrons. The third-order valence-electron chi connectivity index (χ3n) is 3.42. The van der Waals surface area contributed by atoms with E-state index in [0.29, 0.717) is 23.8 Å². The quantitative estimate of drug-likeness (QED) is 0.780. The van der Waals surface area contributed by atoms with Gasteiger partial charge in [0.1, 0.15) is 17.2 Å². The predicted molar refractivity (Wildman–Crippen MR) is 96.0 cm³/mol. The minimum Gasteiger partial charge on any atom is -0.496 e. The van der Waals surface area contributed by atoms with E-state index in [9.17, 15) is 4.79 Å². The summed E-state index contributed by atoms with van der Waals surface area (Å²) in [7, 11) is 4.71. The number of benzene rings is 1. The van der Waals surface area contributed by atoms with Crippen molar-refractivity contribution in [1.29, 1.82) is 0 Å². The molecule has 0 bridgehead atoms. The summed E-state index contributed by atoms with van der Waals surface area (Å²) in [5.74, 6) is 1.65. The van der Waals surface area contributed by atoms with E-state index in [-0.39, 0.29) is 5.91 Å². The van der Waals surface area contributed by atoms with Crippen LogP contribution in [0.2, 0.25) is 0 Å². The third-order valence-corrected chi connectivity index (χ3v) is 4.38. The van der Waals surface area contributed by atoms with Crippen LogP contribution in [0.15, 0.2) is 30.3 Å². The molecule has 1 N–H and O–H groups in total. The summed E-state index contributed by atoms with van der Waals surface area (Å²) in [4.78, 5) is 14.3. The molecule has 1 heterocycles. The molecule has 0 unspecified atom stereocenters. The zero-order chi connectivity index (χ0) is 17.5. The first-order valence-corrected chi connectivity index (χ1v) is 8.20. The lowest BCUT2D eigenvalue weighted by Crippen LogP contribution is -2.21. The molecule has 1 aromatic carbocycles. The molecule has 0 fully saturated rings. The van der Waals surface area contributed by atoms with Crippen LogP contribution in [0.25, 0.3) is 6.08 Å². The largest absolute Gasteiger partial charge is 0.496 e. The van der Waals surface area contributed by atoms with Crippen molar-refractivity contribution >= 4 is 23.3 Å².